The molecule has 0 bridgehead atoms. The van der Waals surface area contributed by atoms with Crippen LogP contribution in [0, 0.1) is 0 Å². The Bertz CT molecular complexity index is 464. The van der Waals surface area contributed by atoms with Gasteiger partial charge in [-0.1, -0.05) is 30.3 Å². The molecule has 2 rings (SSSR count). The van der Waals surface area contributed by atoms with E-state index in [1.807, 2.05) is 37.4 Å². The van der Waals surface area contributed by atoms with Crippen molar-refractivity contribution in [3.63, 3.8) is 0 Å². The van der Waals surface area contributed by atoms with Gasteiger partial charge >= 0.3 is 0 Å². The molecule has 1 unspecified atom stereocenters. The molecule has 3 nitrogen and oxygen atoms in total. The van der Waals surface area contributed by atoms with E-state index in [2.05, 4.69) is 4.98 Å². The third-order valence-corrected chi connectivity index (χ3v) is 3.52. The standard InChI is InChI=1S/C11H12N2OS/c1-13-8-7-12-11(13)15(14)9-10-5-3-2-4-6-10/h2-8H,9H2,1H3. The average molecular weight is 220 g/mol. The monoisotopic (exact) mass is 220 g/mol. The lowest BCUT2D eigenvalue weighted by Crippen LogP contribution is -2.03. The number of rotatable bonds is 3. The minimum absolute atomic E-state index is 0.520. The number of aromatic nitrogens is 2. The number of imidazole rings is 1. The molecule has 4 heteroatoms. The lowest BCUT2D eigenvalue weighted by atomic mass is 10.2. The highest BCUT2D eigenvalue weighted by Gasteiger charge is 2.09. The van der Waals surface area contributed by atoms with Crippen LogP contribution in [0.1, 0.15) is 5.56 Å². The Morgan fingerprint density at radius 2 is 2.07 bits per heavy atom. The molecule has 1 atom stereocenters. The molecule has 0 radical (unpaired) electrons. The Balaban J connectivity index is 2.15. The van der Waals surface area contributed by atoms with Crippen molar-refractivity contribution >= 4 is 10.8 Å². The minimum Gasteiger partial charge on any atom is -0.327 e. The van der Waals surface area contributed by atoms with Crippen molar-refractivity contribution in [1.29, 1.82) is 0 Å². The first-order chi connectivity index (χ1) is 7.27. The van der Waals surface area contributed by atoms with Gasteiger partial charge in [0, 0.05) is 19.4 Å². The van der Waals surface area contributed by atoms with Crippen molar-refractivity contribution in [3.8, 4) is 0 Å². The van der Waals surface area contributed by atoms with Crippen LogP contribution < -0.4 is 0 Å². The maximum atomic E-state index is 11.9. The molecule has 0 saturated carbocycles. The van der Waals surface area contributed by atoms with E-state index in [-0.39, 0.29) is 0 Å². The van der Waals surface area contributed by atoms with Crippen molar-refractivity contribution < 1.29 is 4.21 Å². The van der Waals surface area contributed by atoms with Crippen molar-refractivity contribution in [2.75, 3.05) is 0 Å². The van der Waals surface area contributed by atoms with Crippen LogP contribution in [0.2, 0.25) is 0 Å². The second kappa shape index (κ2) is 4.40. The Morgan fingerprint density at radius 3 is 2.67 bits per heavy atom. The third kappa shape index (κ3) is 2.33. The van der Waals surface area contributed by atoms with Gasteiger partial charge in [-0.15, -0.1) is 0 Å². The number of nitrogens with zero attached hydrogens (tertiary/aromatic N) is 2. The van der Waals surface area contributed by atoms with Gasteiger partial charge in [-0.2, -0.15) is 0 Å². The van der Waals surface area contributed by atoms with Gasteiger partial charge in [0.05, 0.1) is 16.6 Å². The van der Waals surface area contributed by atoms with Crippen LogP contribution >= 0.6 is 0 Å². The van der Waals surface area contributed by atoms with Crippen molar-refractivity contribution in [3.05, 3.63) is 48.3 Å². The zero-order chi connectivity index (χ0) is 10.7. The molecule has 15 heavy (non-hydrogen) atoms. The van der Waals surface area contributed by atoms with Gasteiger partial charge in [-0.05, 0) is 5.56 Å². The van der Waals surface area contributed by atoms with E-state index in [4.69, 9.17) is 0 Å². The summed E-state index contributed by atoms with van der Waals surface area (Å²) in [7, 11) is 0.789. The molecule has 1 heterocycles. The predicted molar refractivity (Wildman–Crippen MR) is 59.8 cm³/mol. The second-order valence-corrected chi connectivity index (χ2v) is 4.64. The van der Waals surface area contributed by atoms with E-state index in [1.54, 1.807) is 17.0 Å². The molecule has 0 aliphatic carbocycles. The molecular weight excluding hydrogens is 208 g/mol. The fraction of sp³-hybridized carbons (Fsp3) is 0.182. The van der Waals surface area contributed by atoms with Gasteiger partial charge in [0.1, 0.15) is 0 Å². The summed E-state index contributed by atoms with van der Waals surface area (Å²) in [5.41, 5.74) is 1.07. The number of hydrogen-bond donors (Lipinski definition) is 0. The molecule has 0 aliphatic heterocycles. The Labute approximate surface area is 91.2 Å². The summed E-state index contributed by atoms with van der Waals surface area (Å²) in [6.45, 7) is 0. The summed E-state index contributed by atoms with van der Waals surface area (Å²) in [6.07, 6.45) is 3.47. The Kier molecular flexibility index (Phi) is 2.97. The van der Waals surface area contributed by atoms with E-state index in [0.717, 1.165) is 5.56 Å². The van der Waals surface area contributed by atoms with Gasteiger partial charge in [0.15, 0.2) is 5.16 Å². The van der Waals surface area contributed by atoms with Crippen LogP contribution in [0.25, 0.3) is 0 Å². The topological polar surface area (TPSA) is 34.9 Å². The fourth-order valence-corrected chi connectivity index (χ4v) is 2.55. The van der Waals surface area contributed by atoms with Gasteiger partial charge < -0.3 is 4.57 Å². The first-order valence-corrected chi connectivity index (χ1v) is 5.99. The third-order valence-electron chi connectivity index (χ3n) is 2.12. The van der Waals surface area contributed by atoms with Crippen LogP contribution in [-0.4, -0.2) is 13.8 Å². The predicted octanol–water partition coefficient (Wildman–Crippen LogP) is 1.73. The first-order valence-electron chi connectivity index (χ1n) is 4.67. The molecule has 0 N–H and O–H groups in total. The van der Waals surface area contributed by atoms with Crippen LogP contribution in [0.15, 0.2) is 47.9 Å². The summed E-state index contributed by atoms with van der Waals surface area (Å²) < 4.78 is 13.7. The van der Waals surface area contributed by atoms with E-state index < -0.39 is 10.8 Å². The molecule has 0 saturated heterocycles. The summed E-state index contributed by atoms with van der Waals surface area (Å²) in [5.74, 6) is 0.520. The highest BCUT2D eigenvalue weighted by atomic mass is 32.2. The molecule has 0 amide bonds. The lowest BCUT2D eigenvalue weighted by Gasteiger charge is -2.01. The molecule has 78 valence electrons. The Morgan fingerprint density at radius 1 is 1.33 bits per heavy atom. The van der Waals surface area contributed by atoms with Crippen molar-refractivity contribution in [1.82, 2.24) is 9.55 Å². The van der Waals surface area contributed by atoms with Gasteiger partial charge in [0.2, 0.25) is 0 Å². The van der Waals surface area contributed by atoms with Crippen LogP contribution in [-0.2, 0) is 23.6 Å². The quantitative estimate of drug-likeness (QED) is 0.789. The highest BCUT2D eigenvalue weighted by Crippen LogP contribution is 2.09. The van der Waals surface area contributed by atoms with E-state index in [0.29, 0.717) is 10.9 Å². The molecule has 0 spiro atoms. The molecule has 1 aromatic heterocycles. The minimum atomic E-state index is -1.06. The average Bonchev–Trinajstić information content (AvgIpc) is 2.66. The van der Waals surface area contributed by atoms with Crippen LogP contribution in [0.3, 0.4) is 0 Å². The van der Waals surface area contributed by atoms with Gasteiger partial charge in [-0.3, -0.25) is 4.21 Å². The molecule has 2 aromatic rings. The maximum absolute atomic E-state index is 11.9. The summed E-state index contributed by atoms with van der Waals surface area (Å²) in [6, 6.07) is 9.80. The first kappa shape index (κ1) is 10.1. The zero-order valence-corrected chi connectivity index (χ0v) is 9.28. The van der Waals surface area contributed by atoms with Crippen molar-refractivity contribution in [2.24, 2.45) is 7.05 Å². The van der Waals surface area contributed by atoms with Crippen LogP contribution in [0.4, 0.5) is 0 Å². The van der Waals surface area contributed by atoms with Gasteiger partial charge in [0.25, 0.3) is 0 Å². The van der Waals surface area contributed by atoms with E-state index in [9.17, 15) is 4.21 Å². The van der Waals surface area contributed by atoms with Gasteiger partial charge in [-0.25, -0.2) is 4.98 Å². The zero-order valence-electron chi connectivity index (χ0n) is 8.46. The van der Waals surface area contributed by atoms with E-state index >= 15 is 0 Å². The fourth-order valence-electron chi connectivity index (χ4n) is 1.36. The summed E-state index contributed by atoms with van der Waals surface area (Å²) >= 11 is 0. The molecular formula is C11H12N2OS. The normalized spacial score (nSPS) is 12.6. The largest absolute Gasteiger partial charge is 0.327 e. The molecule has 0 aliphatic rings. The van der Waals surface area contributed by atoms with Crippen molar-refractivity contribution in [2.45, 2.75) is 10.9 Å². The maximum Gasteiger partial charge on any atom is 0.199 e. The van der Waals surface area contributed by atoms with Crippen LogP contribution in [0.5, 0.6) is 0 Å². The number of benzene rings is 1. The highest BCUT2D eigenvalue weighted by molar-refractivity contribution is 7.84. The SMILES string of the molecule is Cn1ccnc1S(=O)Cc1ccccc1. The summed E-state index contributed by atoms with van der Waals surface area (Å²) in [5, 5.41) is 0.624. The lowest BCUT2D eigenvalue weighted by molar-refractivity contribution is 0.664. The number of aryl methyl sites for hydroxylation is 1. The summed E-state index contributed by atoms with van der Waals surface area (Å²) in [4.78, 5) is 4.07. The number of hydrogen-bond acceptors (Lipinski definition) is 2. The second-order valence-electron chi connectivity index (χ2n) is 3.30. The Hall–Kier alpha value is -1.42. The van der Waals surface area contributed by atoms with E-state index in [1.165, 1.54) is 0 Å². The smallest absolute Gasteiger partial charge is 0.199 e. The molecule has 1 aromatic carbocycles. The molecule has 0 fully saturated rings.